The normalized spacial score (nSPS) is 18.2. The van der Waals surface area contributed by atoms with Crippen molar-refractivity contribution < 1.29 is 14.7 Å². The fourth-order valence-corrected chi connectivity index (χ4v) is 3.83. The lowest BCUT2D eigenvalue weighted by Crippen LogP contribution is -2.41. The Kier molecular flexibility index (Phi) is 6.06. The van der Waals surface area contributed by atoms with Gasteiger partial charge in [0, 0.05) is 5.56 Å². The number of aryl methyl sites for hydroxylation is 2. The summed E-state index contributed by atoms with van der Waals surface area (Å²) in [5, 5.41) is 21.2. The lowest BCUT2D eigenvalue weighted by molar-refractivity contribution is -0.124. The second kappa shape index (κ2) is 8.93. The molecular formula is C26H27N3O3. The molecule has 0 aliphatic carbocycles. The summed E-state index contributed by atoms with van der Waals surface area (Å²) in [6, 6.07) is 18.5. The van der Waals surface area contributed by atoms with E-state index in [-0.39, 0.29) is 23.7 Å². The Labute approximate surface area is 188 Å². The molecule has 4 rings (SSSR count). The Bertz CT molecular complexity index is 1150. The number of benzene rings is 2. The molecule has 1 N–H and O–H groups in total. The van der Waals surface area contributed by atoms with Crippen molar-refractivity contribution in [2.45, 2.75) is 39.7 Å². The first-order chi connectivity index (χ1) is 15.3. The van der Waals surface area contributed by atoms with Crippen LogP contribution in [-0.4, -0.2) is 27.7 Å². The summed E-state index contributed by atoms with van der Waals surface area (Å²) in [6.45, 7) is 7.87. The Morgan fingerprint density at radius 1 is 1.06 bits per heavy atom. The van der Waals surface area contributed by atoms with Gasteiger partial charge in [0.1, 0.15) is 18.4 Å². The molecule has 0 radical (unpaired) electrons. The first-order valence-electron chi connectivity index (χ1n) is 10.7. The van der Waals surface area contributed by atoms with Crippen LogP contribution in [0.4, 0.5) is 5.82 Å². The highest BCUT2D eigenvalue weighted by molar-refractivity contribution is 6.04. The number of carbonyl (C=O) groups excluding carboxylic acids is 1. The summed E-state index contributed by atoms with van der Waals surface area (Å²) in [7, 11) is 0. The van der Waals surface area contributed by atoms with E-state index in [9.17, 15) is 9.90 Å². The number of anilines is 1. The molecule has 3 aromatic rings. The average molecular weight is 430 g/mol. The first kappa shape index (κ1) is 21.7. The predicted octanol–water partition coefficient (Wildman–Crippen LogP) is 5.25. The Hall–Kier alpha value is -3.51. The number of nitrogens with zero attached hydrogens (tertiary/aromatic N) is 3. The van der Waals surface area contributed by atoms with Crippen molar-refractivity contribution in [1.29, 1.82) is 0 Å². The fourth-order valence-electron chi connectivity index (χ4n) is 3.83. The van der Waals surface area contributed by atoms with Crippen LogP contribution in [0.1, 0.15) is 53.8 Å². The minimum absolute atomic E-state index is 0.0509. The quantitative estimate of drug-likeness (QED) is 0.451. The zero-order valence-corrected chi connectivity index (χ0v) is 18.7. The number of aliphatic hydroxyl groups is 1. The van der Waals surface area contributed by atoms with Gasteiger partial charge in [0.05, 0.1) is 11.3 Å². The number of aromatic nitrogens is 2. The molecule has 1 aliphatic rings. The maximum absolute atomic E-state index is 13.1. The van der Waals surface area contributed by atoms with Crippen LogP contribution in [-0.2, 0) is 9.63 Å². The molecular weight excluding hydrogens is 402 g/mol. The molecule has 1 fully saturated rings. The van der Waals surface area contributed by atoms with Crippen molar-refractivity contribution in [3.63, 3.8) is 0 Å². The van der Waals surface area contributed by atoms with Gasteiger partial charge in [-0.15, -0.1) is 5.10 Å². The van der Waals surface area contributed by atoms with E-state index in [1.807, 2.05) is 62.4 Å². The molecule has 1 aliphatic heterocycles. The third kappa shape index (κ3) is 4.27. The van der Waals surface area contributed by atoms with Crippen molar-refractivity contribution in [2.24, 2.45) is 0 Å². The molecule has 1 saturated heterocycles. The van der Waals surface area contributed by atoms with Gasteiger partial charge in [-0.1, -0.05) is 61.9 Å². The Morgan fingerprint density at radius 2 is 1.81 bits per heavy atom. The highest BCUT2D eigenvalue weighted by atomic mass is 16.7. The van der Waals surface area contributed by atoms with Crippen molar-refractivity contribution in [3.8, 4) is 0 Å². The number of hydrogen-bond acceptors (Lipinski definition) is 6. The topological polar surface area (TPSA) is 75.6 Å². The number of aliphatic hydroxyl groups excluding tert-OH is 1. The number of rotatable bonds is 4. The summed E-state index contributed by atoms with van der Waals surface area (Å²) in [5.74, 6) is 0.530. The van der Waals surface area contributed by atoms with Gasteiger partial charge in [0.25, 0.3) is 0 Å². The van der Waals surface area contributed by atoms with Crippen molar-refractivity contribution in [2.75, 3.05) is 11.7 Å². The monoisotopic (exact) mass is 429 g/mol. The summed E-state index contributed by atoms with van der Waals surface area (Å²) in [6.07, 6.45) is 0. The van der Waals surface area contributed by atoms with Crippen LogP contribution in [0, 0.1) is 13.8 Å². The van der Waals surface area contributed by atoms with Gasteiger partial charge in [-0.3, -0.25) is 9.63 Å². The van der Waals surface area contributed by atoms with Crippen LogP contribution in [0.25, 0.3) is 5.76 Å². The number of hydrogen-bond donors (Lipinski definition) is 1. The maximum atomic E-state index is 13.1. The highest BCUT2D eigenvalue weighted by Gasteiger charge is 2.38. The molecule has 0 amide bonds. The van der Waals surface area contributed by atoms with Gasteiger partial charge in [0.15, 0.2) is 11.6 Å². The third-order valence-electron chi connectivity index (χ3n) is 5.62. The number of ketones is 1. The fraction of sp³-hybridized carbons (Fsp3) is 0.269. The van der Waals surface area contributed by atoms with E-state index in [1.54, 1.807) is 17.2 Å². The van der Waals surface area contributed by atoms with E-state index in [4.69, 9.17) is 4.84 Å². The van der Waals surface area contributed by atoms with Gasteiger partial charge in [-0.05, 0) is 49.1 Å². The van der Waals surface area contributed by atoms with Crippen molar-refractivity contribution >= 4 is 17.4 Å². The van der Waals surface area contributed by atoms with E-state index in [2.05, 4.69) is 24.0 Å². The third-order valence-corrected chi connectivity index (χ3v) is 5.62. The summed E-state index contributed by atoms with van der Waals surface area (Å²) >= 11 is 0. The molecule has 32 heavy (non-hydrogen) atoms. The van der Waals surface area contributed by atoms with Gasteiger partial charge in [0.2, 0.25) is 0 Å². The highest BCUT2D eigenvalue weighted by Crippen LogP contribution is 2.39. The van der Waals surface area contributed by atoms with Gasteiger partial charge >= 0.3 is 0 Å². The summed E-state index contributed by atoms with van der Waals surface area (Å²) < 4.78 is 0. The zero-order valence-electron chi connectivity index (χ0n) is 18.7. The van der Waals surface area contributed by atoms with Crippen LogP contribution < -0.4 is 5.06 Å². The van der Waals surface area contributed by atoms with Gasteiger partial charge in [-0.25, -0.2) is 5.06 Å². The van der Waals surface area contributed by atoms with Crippen LogP contribution >= 0.6 is 0 Å². The summed E-state index contributed by atoms with van der Waals surface area (Å²) in [5.41, 5.74) is 4.65. The van der Waals surface area contributed by atoms with Crippen molar-refractivity contribution in [3.05, 3.63) is 94.2 Å². The molecule has 6 heteroatoms. The maximum Gasteiger partial charge on any atom is 0.193 e. The molecule has 0 saturated carbocycles. The van der Waals surface area contributed by atoms with Gasteiger partial charge in [-0.2, -0.15) is 5.10 Å². The second-order valence-corrected chi connectivity index (χ2v) is 8.41. The molecule has 0 bridgehead atoms. The van der Waals surface area contributed by atoms with Crippen LogP contribution in [0.5, 0.6) is 0 Å². The number of hydroxylamine groups is 1. The number of carbonyl (C=O) groups is 1. The van der Waals surface area contributed by atoms with E-state index >= 15 is 0 Å². The van der Waals surface area contributed by atoms with E-state index in [0.717, 1.165) is 16.8 Å². The first-order valence-corrected chi connectivity index (χ1v) is 10.7. The van der Waals surface area contributed by atoms with Crippen molar-refractivity contribution in [1.82, 2.24) is 10.2 Å². The lowest BCUT2D eigenvalue weighted by Gasteiger charge is -2.36. The minimum Gasteiger partial charge on any atom is -0.507 e. The van der Waals surface area contributed by atoms with Gasteiger partial charge < -0.3 is 5.11 Å². The molecule has 0 spiro atoms. The Balaban J connectivity index is 1.89. The SMILES string of the molecule is Cc1cccc(C(O)=C2C(=O)CON(c3ccc(C)nn3)C2c2ccc(C(C)C)cc2)c1. The molecule has 2 heterocycles. The van der Waals surface area contributed by atoms with E-state index in [0.29, 0.717) is 17.3 Å². The molecule has 6 nitrogen and oxygen atoms in total. The van der Waals surface area contributed by atoms with Crippen LogP contribution in [0.3, 0.4) is 0 Å². The average Bonchev–Trinajstić information content (AvgIpc) is 2.79. The molecule has 2 aromatic carbocycles. The molecule has 1 atom stereocenters. The zero-order chi connectivity index (χ0) is 22.8. The van der Waals surface area contributed by atoms with E-state index in [1.165, 1.54) is 5.56 Å². The second-order valence-electron chi connectivity index (χ2n) is 8.41. The molecule has 1 unspecified atom stereocenters. The Morgan fingerprint density at radius 3 is 2.44 bits per heavy atom. The lowest BCUT2D eigenvalue weighted by atomic mass is 9.89. The molecule has 164 valence electrons. The van der Waals surface area contributed by atoms with Crippen LogP contribution in [0.15, 0.2) is 66.2 Å². The van der Waals surface area contributed by atoms with E-state index < -0.39 is 6.04 Å². The predicted molar refractivity (Wildman–Crippen MR) is 124 cm³/mol. The summed E-state index contributed by atoms with van der Waals surface area (Å²) in [4.78, 5) is 18.9. The van der Waals surface area contributed by atoms with Crippen LogP contribution in [0.2, 0.25) is 0 Å². The number of Topliss-reactive ketones (excluding diaryl/α,β-unsaturated/α-hetero) is 1. The minimum atomic E-state index is -0.671. The smallest absolute Gasteiger partial charge is 0.193 e. The largest absolute Gasteiger partial charge is 0.507 e. The standard InChI is InChI=1S/C26H27N3O3/c1-16(2)19-9-11-20(12-10-19)25-24(26(31)21-7-5-6-17(3)14-21)22(30)15-32-29(25)23-13-8-18(4)27-28-23/h5-14,16,25,31H,15H2,1-4H3. The molecule has 1 aromatic heterocycles.